The quantitative estimate of drug-likeness (QED) is 0.190. The number of carbonyl (C=O) groups excluding carboxylic acids is 1. The van der Waals surface area contributed by atoms with Crippen molar-refractivity contribution in [2.24, 2.45) is 0 Å². The summed E-state index contributed by atoms with van der Waals surface area (Å²) in [5.74, 6) is 1.33. The Morgan fingerprint density at radius 3 is 2.51 bits per heavy atom. The third-order valence-electron chi connectivity index (χ3n) is 6.87. The van der Waals surface area contributed by atoms with E-state index >= 15 is 0 Å². The van der Waals surface area contributed by atoms with Crippen LogP contribution in [0.4, 0.5) is 0 Å². The molecule has 3 unspecified atom stereocenters. The van der Waals surface area contributed by atoms with Crippen molar-refractivity contribution in [2.75, 3.05) is 27.4 Å². The summed E-state index contributed by atoms with van der Waals surface area (Å²) in [5, 5.41) is 0. The van der Waals surface area contributed by atoms with Crippen LogP contribution < -0.4 is 9.47 Å². The monoisotopic (exact) mass is 512 g/mol. The molecule has 2 aromatic rings. The number of methoxy groups -OCH3 is 2. The van der Waals surface area contributed by atoms with Gasteiger partial charge in [-0.05, 0) is 56.9 Å². The second-order valence-electron chi connectivity index (χ2n) is 10.2. The van der Waals surface area contributed by atoms with E-state index < -0.39 is 0 Å². The molecule has 1 saturated heterocycles. The van der Waals surface area contributed by atoms with Crippen molar-refractivity contribution >= 4 is 5.78 Å². The first-order chi connectivity index (χ1) is 17.9. The second-order valence-corrected chi connectivity index (χ2v) is 10.2. The lowest BCUT2D eigenvalue weighted by molar-refractivity contribution is -0.184. The second kappa shape index (κ2) is 14.5. The Kier molecular flexibility index (Phi) is 11.4. The highest BCUT2D eigenvalue weighted by Crippen LogP contribution is 2.44. The van der Waals surface area contributed by atoms with E-state index in [-0.39, 0.29) is 29.7 Å². The fraction of sp³-hybridized carbons (Fsp3) is 0.581. The minimum absolute atomic E-state index is 0.0255. The lowest BCUT2D eigenvalue weighted by Gasteiger charge is -2.45. The summed E-state index contributed by atoms with van der Waals surface area (Å²) in [6.07, 6.45) is 5.70. The maximum absolute atomic E-state index is 13.1. The number of hydrogen-bond donors (Lipinski definition) is 0. The molecule has 1 aliphatic heterocycles. The van der Waals surface area contributed by atoms with E-state index in [1.54, 1.807) is 20.3 Å². The maximum Gasteiger partial charge on any atom is 0.163 e. The molecular weight excluding hydrogens is 468 g/mol. The highest BCUT2D eigenvalue weighted by atomic mass is 16.5. The Balaban J connectivity index is 1.70. The van der Waals surface area contributed by atoms with Crippen LogP contribution in [0.2, 0.25) is 0 Å². The molecule has 204 valence electrons. The standard InChI is InChI=1S/C31H44O6/c1-6-16-31(17-10-13-27(32)25-14-15-28(36-23(2)3)30(20-25)34-5)22-26(35-19-18-33-4)21-29(37-31)24-11-8-7-9-12-24/h7-9,11-12,14-15,20,23,26,29H,6,10,13,16-19,21-22H2,1-5H3. The average molecular weight is 513 g/mol. The van der Waals surface area contributed by atoms with Gasteiger partial charge >= 0.3 is 0 Å². The molecule has 6 heteroatoms. The van der Waals surface area contributed by atoms with Gasteiger partial charge in [0.2, 0.25) is 0 Å². The zero-order valence-corrected chi connectivity index (χ0v) is 23.2. The minimum atomic E-state index is -0.321. The topological polar surface area (TPSA) is 63.2 Å². The number of Topliss-reactive ketones (excluding diaryl/α,β-unsaturated/α-hetero) is 1. The first-order valence-electron chi connectivity index (χ1n) is 13.6. The molecule has 0 saturated carbocycles. The van der Waals surface area contributed by atoms with Gasteiger partial charge in [-0.2, -0.15) is 0 Å². The minimum Gasteiger partial charge on any atom is -0.493 e. The highest BCUT2D eigenvalue weighted by molar-refractivity contribution is 5.96. The van der Waals surface area contributed by atoms with Crippen LogP contribution in [0.3, 0.4) is 0 Å². The molecule has 1 heterocycles. The maximum atomic E-state index is 13.1. The smallest absolute Gasteiger partial charge is 0.163 e. The summed E-state index contributed by atoms with van der Waals surface area (Å²) in [7, 11) is 3.29. The number of rotatable bonds is 15. The van der Waals surface area contributed by atoms with E-state index in [1.807, 2.05) is 32.0 Å². The van der Waals surface area contributed by atoms with Gasteiger partial charge in [0, 0.05) is 31.9 Å². The van der Waals surface area contributed by atoms with Crippen LogP contribution in [0.5, 0.6) is 11.5 Å². The summed E-state index contributed by atoms with van der Waals surface area (Å²) < 4.78 is 29.6. The zero-order chi connectivity index (χ0) is 26.7. The van der Waals surface area contributed by atoms with Crippen LogP contribution in [0.1, 0.15) is 87.7 Å². The molecule has 3 atom stereocenters. The zero-order valence-electron chi connectivity index (χ0n) is 23.2. The van der Waals surface area contributed by atoms with Crippen LogP contribution in [-0.2, 0) is 14.2 Å². The van der Waals surface area contributed by atoms with E-state index in [0.29, 0.717) is 36.7 Å². The summed E-state index contributed by atoms with van der Waals surface area (Å²) >= 11 is 0. The number of benzene rings is 2. The molecule has 3 rings (SSSR count). The molecule has 0 aromatic heterocycles. The van der Waals surface area contributed by atoms with Crippen molar-refractivity contribution in [1.29, 1.82) is 0 Å². The summed E-state index contributed by atoms with van der Waals surface area (Å²) in [4.78, 5) is 13.1. The van der Waals surface area contributed by atoms with Crippen molar-refractivity contribution in [2.45, 2.75) is 89.6 Å². The third-order valence-corrected chi connectivity index (χ3v) is 6.87. The molecule has 0 radical (unpaired) electrons. The number of hydrogen-bond acceptors (Lipinski definition) is 6. The Hall–Kier alpha value is -2.41. The van der Waals surface area contributed by atoms with Gasteiger partial charge in [-0.25, -0.2) is 0 Å². The molecule has 1 aliphatic rings. The summed E-state index contributed by atoms with van der Waals surface area (Å²) in [6.45, 7) is 7.27. The number of carbonyl (C=O) groups is 1. The average Bonchev–Trinajstić information content (AvgIpc) is 2.89. The molecule has 0 amide bonds. The lowest BCUT2D eigenvalue weighted by Crippen LogP contribution is -2.44. The van der Waals surface area contributed by atoms with Gasteiger partial charge in [-0.3, -0.25) is 4.79 Å². The van der Waals surface area contributed by atoms with Crippen LogP contribution in [-0.4, -0.2) is 51.0 Å². The van der Waals surface area contributed by atoms with Crippen molar-refractivity contribution in [1.82, 2.24) is 0 Å². The van der Waals surface area contributed by atoms with Gasteiger partial charge in [0.15, 0.2) is 17.3 Å². The first kappa shape index (κ1) is 29.2. The molecule has 0 bridgehead atoms. The van der Waals surface area contributed by atoms with Crippen LogP contribution in [0.25, 0.3) is 0 Å². The van der Waals surface area contributed by atoms with Crippen LogP contribution in [0.15, 0.2) is 48.5 Å². The van der Waals surface area contributed by atoms with Crippen LogP contribution >= 0.6 is 0 Å². The predicted octanol–water partition coefficient (Wildman–Crippen LogP) is 6.96. The van der Waals surface area contributed by atoms with Crippen LogP contribution in [0, 0.1) is 0 Å². The number of ether oxygens (including phenoxy) is 5. The van der Waals surface area contributed by atoms with Gasteiger partial charge in [-0.1, -0.05) is 43.7 Å². The van der Waals surface area contributed by atoms with E-state index in [1.165, 1.54) is 5.56 Å². The van der Waals surface area contributed by atoms with Gasteiger partial charge < -0.3 is 23.7 Å². The van der Waals surface area contributed by atoms with Gasteiger partial charge in [0.05, 0.1) is 44.2 Å². The van der Waals surface area contributed by atoms with E-state index in [4.69, 9.17) is 23.7 Å². The molecule has 1 fully saturated rings. The Labute approximate surface area is 222 Å². The Morgan fingerprint density at radius 1 is 1.05 bits per heavy atom. The van der Waals surface area contributed by atoms with Gasteiger partial charge in [-0.15, -0.1) is 0 Å². The fourth-order valence-corrected chi connectivity index (χ4v) is 5.24. The van der Waals surface area contributed by atoms with E-state index in [0.717, 1.165) is 38.5 Å². The summed E-state index contributed by atoms with van der Waals surface area (Å²) in [5.41, 5.74) is 1.50. The normalized spacial score (nSPS) is 21.7. The SMILES string of the molecule is CCCC1(CCCC(=O)c2ccc(OC(C)C)c(OC)c2)CC(OCCOC)CC(c2ccccc2)O1. The molecule has 6 nitrogen and oxygen atoms in total. The van der Waals surface area contributed by atoms with Crippen molar-refractivity contribution in [3.63, 3.8) is 0 Å². The van der Waals surface area contributed by atoms with E-state index in [2.05, 4.69) is 31.2 Å². The molecule has 37 heavy (non-hydrogen) atoms. The Bertz CT molecular complexity index is 959. The Morgan fingerprint density at radius 2 is 1.84 bits per heavy atom. The largest absolute Gasteiger partial charge is 0.493 e. The van der Waals surface area contributed by atoms with Crippen molar-refractivity contribution in [3.05, 3.63) is 59.7 Å². The first-order valence-corrected chi connectivity index (χ1v) is 13.6. The fourth-order valence-electron chi connectivity index (χ4n) is 5.24. The lowest BCUT2D eigenvalue weighted by atomic mass is 9.80. The van der Waals surface area contributed by atoms with Crippen molar-refractivity contribution in [3.8, 4) is 11.5 Å². The number of ketones is 1. The molecule has 0 aliphatic carbocycles. The molecule has 2 aromatic carbocycles. The van der Waals surface area contributed by atoms with Gasteiger partial charge in [0.25, 0.3) is 0 Å². The van der Waals surface area contributed by atoms with Crippen molar-refractivity contribution < 1.29 is 28.5 Å². The highest BCUT2D eigenvalue weighted by Gasteiger charge is 2.41. The van der Waals surface area contributed by atoms with E-state index in [9.17, 15) is 4.79 Å². The molecule has 0 N–H and O–H groups in total. The summed E-state index contributed by atoms with van der Waals surface area (Å²) in [6, 6.07) is 15.8. The third kappa shape index (κ3) is 8.56. The molecule has 0 spiro atoms. The molecular formula is C31H44O6. The van der Waals surface area contributed by atoms with Gasteiger partial charge in [0.1, 0.15) is 0 Å². The predicted molar refractivity (Wildman–Crippen MR) is 146 cm³/mol.